The molecule has 1 N–H and O–H groups in total. The summed E-state index contributed by atoms with van der Waals surface area (Å²) in [6.45, 7) is 0.717. The Labute approximate surface area is 155 Å². The SMILES string of the molecule is CN(C)CCCS(=O)(=O)NC=Cc1cccc(C(=O)c2ccccc2)c1. The molecule has 0 aliphatic rings. The van der Waals surface area contributed by atoms with E-state index in [4.69, 9.17) is 0 Å². The van der Waals surface area contributed by atoms with Crippen molar-refractivity contribution in [3.63, 3.8) is 0 Å². The summed E-state index contributed by atoms with van der Waals surface area (Å²) >= 11 is 0. The fourth-order valence-electron chi connectivity index (χ4n) is 2.40. The molecule has 2 aromatic carbocycles. The molecule has 0 fully saturated rings. The molecule has 0 amide bonds. The van der Waals surface area contributed by atoms with Crippen LogP contribution in [0, 0.1) is 0 Å². The van der Waals surface area contributed by atoms with Crippen molar-refractivity contribution < 1.29 is 13.2 Å². The van der Waals surface area contributed by atoms with E-state index in [9.17, 15) is 13.2 Å². The van der Waals surface area contributed by atoms with Crippen LogP contribution in [-0.2, 0) is 10.0 Å². The molecule has 138 valence electrons. The average molecular weight is 372 g/mol. The molecule has 0 atom stereocenters. The number of hydrogen-bond donors (Lipinski definition) is 1. The summed E-state index contributed by atoms with van der Waals surface area (Å²) < 4.78 is 26.3. The van der Waals surface area contributed by atoms with Crippen LogP contribution in [0.2, 0.25) is 0 Å². The second-order valence-corrected chi connectivity index (χ2v) is 8.12. The second kappa shape index (κ2) is 9.31. The number of carbonyl (C=O) groups excluding carboxylic acids is 1. The zero-order chi connectivity index (χ0) is 19.0. The lowest BCUT2D eigenvalue weighted by molar-refractivity contribution is 0.103. The Morgan fingerprint density at radius 1 is 1.04 bits per heavy atom. The van der Waals surface area contributed by atoms with Gasteiger partial charge in [-0.05, 0) is 44.8 Å². The minimum atomic E-state index is -3.35. The molecule has 5 nitrogen and oxygen atoms in total. The van der Waals surface area contributed by atoms with Gasteiger partial charge in [0.2, 0.25) is 10.0 Å². The minimum absolute atomic E-state index is 0.0647. The van der Waals surface area contributed by atoms with E-state index in [0.717, 1.165) is 5.56 Å². The van der Waals surface area contributed by atoms with Crippen LogP contribution in [0.15, 0.2) is 60.8 Å². The van der Waals surface area contributed by atoms with Gasteiger partial charge in [-0.3, -0.25) is 9.52 Å². The Morgan fingerprint density at radius 2 is 1.73 bits per heavy atom. The molecule has 0 unspecified atom stereocenters. The summed E-state index contributed by atoms with van der Waals surface area (Å²) in [5.41, 5.74) is 1.94. The Hall–Kier alpha value is -2.44. The monoisotopic (exact) mass is 372 g/mol. The smallest absolute Gasteiger partial charge is 0.232 e. The largest absolute Gasteiger partial charge is 0.309 e. The molecule has 0 bridgehead atoms. The lowest BCUT2D eigenvalue weighted by Crippen LogP contribution is -2.24. The first-order chi connectivity index (χ1) is 12.4. The number of nitrogens with zero attached hydrogens (tertiary/aromatic N) is 1. The van der Waals surface area contributed by atoms with Crippen molar-refractivity contribution in [2.24, 2.45) is 0 Å². The Balaban J connectivity index is 2.00. The molecular formula is C20H24N2O3S. The fourth-order valence-corrected chi connectivity index (χ4v) is 3.31. The van der Waals surface area contributed by atoms with Crippen LogP contribution >= 0.6 is 0 Å². The predicted molar refractivity (Wildman–Crippen MR) is 105 cm³/mol. The van der Waals surface area contributed by atoms with E-state index in [-0.39, 0.29) is 11.5 Å². The predicted octanol–water partition coefficient (Wildman–Crippen LogP) is 2.76. The molecule has 0 spiro atoms. The maximum Gasteiger partial charge on any atom is 0.232 e. The van der Waals surface area contributed by atoms with E-state index in [1.807, 2.05) is 43.3 Å². The summed E-state index contributed by atoms with van der Waals surface area (Å²) in [5, 5.41) is 0. The summed E-state index contributed by atoms with van der Waals surface area (Å²) in [5.74, 6) is 0.00677. The van der Waals surface area contributed by atoms with E-state index in [1.165, 1.54) is 6.20 Å². The number of hydrogen-bond acceptors (Lipinski definition) is 4. The Bertz CT molecular complexity index is 860. The first kappa shape index (κ1) is 19.9. The number of nitrogens with one attached hydrogen (secondary N) is 1. The van der Waals surface area contributed by atoms with E-state index < -0.39 is 10.0 Å². The van der Waals surface area contributed by atoms with Gasteiger partial charge in [-0.15, -0.1) is 0 Å². The molecular weight excluding hydrogens is 348 g/mol. The molecule has 2 aromatic rings. The van der Waals surface area contributed by atoms with Crippen LogP contribution in [0.1, 0.15) is 27.9 Å². The zero-order valence-corrected chi connectivity index (χ0v) is 15.9. The molecule has 2 rings (SSSR count). The van der Waals surface area contributed by atoms with Gasteiger partial charge >= 0.3 is 0 Å². The first-order valence-electron chi connectivity index (χ1n) is 8.38. The van der Waals surface area contributed by atoms with E-state index in [2.05, 4.69) is 4.72 Å². The van der Waals surface area contributed by atoms with Crippen molar-refractivity contribution in [1.82, 2.24) is 9.62 Å². The quantitative estimate of drug-likeness (QED) is 0.688. The van der Waals surface area contributed by atoms with E-state index >= 15 is 0 Å². The fraction of sp³-hybridized carbons (Fsp3) is 0.250. The molecule has 0 aliphatic carbocycles. The van der Waals surface area contributed by atoms with Crippen molar-refractivity contribution >= 4 is 21.9 Å². The highest BCUT2D eigenvalue weighted by Crippen LogP contribution is 2.12. The molecule has 0 aliphatic heterocycles. The molecule has 0 heterocycles. The van der Waals surface area contributed by atoms with Gasteiger partial charge in [-0.2, -0.15) is 0 Å². The second-order valence-electron chi connectivity index (χ2n) is 6.25. The number of carbonyl (C=O) groups is 1. The third-order valence-electron chi connectivity index (χ3n) is 3.73. The molecule has 0 saturated carbocycles. The highest BCUT2D eigenvalue weighted by Gasteiger charge is 2.09. The third-order valence-corrected chi connectivity index (χ3v) is 5.05. The van der Waals surface area contributed by atoms with E-state index in [0.29, 0.717) is 24.1 Å². The molecule has 26 heavy (non-hydrogen) atoms. The van der Waals surface area contributed by atoms with Gasteiger partial charge in [0.1, 0.15) is 0 Å². The maximum absolute atomic E-state index is 12.5. The minimum Gasteiger partial charge on any atom is -0.309 e. The van der Waals surface area contributed by atoms with Crippen molar-refractivity contribution in [2.45, 2.75) is 6.42 Å². The number of benzene rings is 2. The zero-order valence-electron chi connectivity index (χ0n) is 15.1. The summed E-state index contributed by atoms with van der Waals surface area (Å²) in [6.07, 6.45) is 3.61. The lowest BCUT2D eigenvalue weighted by atomic mass is 10.0. The van der Waals surface area contributed by atoms with Gasteiger partial charge in [0, 0.05) is 17.3 Å². The van der Waals surface area contributed by atoms with Crippen molar-refractivity contribution in [3.8, 4) is 0 Å². The number of rotatable bonds is 9. The van der Waals surface area contributed by atoms with Crippen LogP contribution in [0.25, 0.3) is 6.08 Å². The van der Waals surface area contributed by atoms with Crippen LogP contribution in [-0.4, -0.2) is 45.5 Å². The van der Waals surface area contributed by atoms with Crippen LogP contribution in [0.4, 0.5) is 0 Å². The Kier molecular flexibility index (Phi) is 7.12. The maximum atomic E-state index is 12.5. The summed E-state index contributed by atoms with van der Waals surface area (Å²) in [4.78, 5) is 14.4. The van der Waals surface area contributed by atoms with Crippen molar-refractivity contribution in [2.75, 3.05) is 26.4 Å². The van der Waals surface area contributed by atoms with Gasteiger partial charge in [0.25, 0.3) is 0 Å². The molecule has 0 saturated heterocycles. The lowest BCUT2D eigenvalue weighted by Gasteiger charge is -2.09. The number of sulfonamides is 1. The van der Waals surface area contributed by atoms with Crippen LogP contribution < -0.4 is 4.72 Å². The standard InChI is InChI=1S/C20H24N2O3S/c1-22(2)14-7-15-26(24,25)21-13-12-17-8-6-11-19(16-17)20(23)18-9-4-3-5-10-18/h3-6,8-13,16,21H,7,14-15H2,1-2H3. The molecule has 6 heteroatoms. The van der Waals surface area contributed by atoms with Crippen LogP contribution in [0.3, 0.4) is 0 Å². The highest BCUT2D eigenvalue weighted by atomic mass is 32.2. The van der Waals surface area contributed by atoms with Crippen LogP contribution in [0.5, 0.6) is 0 Å². The average Bonchev–Trinajstić information content (AvgIpc) is 2.61. The topological polar surface area (TPSA) is 66.5 Å². The summed E-state index contributed by atoms with van der Waals surface area (Å²) in [7, 11) is 0.466. The molecule has 0 radical (unpaired) electrons. The number of ketones is 1. The Morgan fingerprint density at radius 3 is 2.42 bits per heavy atom. The van der Waals surface area contributed by atoms with Crippen molar-refractivity contribution in [1.29, 1.82) is 0 Å². The summed E-state index contributed by atoms with van der Waals surface area (Å²) in [6, 6.07) is 16.1. The van der Waals surface area contributed by atoms with Gasteiger partial charge in [-0.25, -0.2) is 8.42 Å². The molecule has 0 aromatic heterocycles. The van der Waals surface area contributed by atoms with E-state index in [1.54, 1.807) is 36.4 Å². The van der Waals surface area contributed by atoms with Gasteiger partial charge in [0.15, 0.2) is 5.78 Å². The van der Waals surface area contributed by atoms with Crippen molar-refractivity contribution in [3.05, 3.63) is 77.5 Å². The van der Waals surface area contributed by atoms with Gasteiger partial charge in [0.05, 0.1) is 5.75 Å². The van der Waals surface area contributed by atoms with Gasteiger partial charge in [-0.1, -0.05) is 48.5 Å². The normalized spacial score (nSPS) is 11.8. The highest BCUT2D eigenvalue weighted by molar-refractivity contribution is 7.89. The first-order valence-corrected chi connectivity index (χ1v) is 10.0. The van der Waals surface area contributed by atoms with Gasteiger partial charge < -0.3 is 4.90 Å². The third kappa shape index (κ3) is 6.46.